The molecule has 2 heterocycles. The lowest BCUT2D eigenvalue weighted by Crippen LogP contribution is -2.30. The largest absolute Gasteiger partial charge is 0.491 e. The van der Waals surface area contributed by atoms with Gasteiger partial charge in [0.05, 0.1) is 23.5 Å². The van der Waals surface area contributed by atoms with Gasteiger partial charge in [-0.15, -0.1) is 0 Å². The zero-order chi connectivity index (χ0) is 16.4. The summed E-state index contributed by atoms with van der Waals surface area (Å²) in [6, 6.07) is 7.73. The summed E-state index contributed by atoms with van der Waals surface area (Å²) in [6.07, 6.45) is 2.46. The van der Waals surface area contributed by atoms with E-state index in [1.807, 2.05) is 28.9 Å². The van der Waals surface area contributed by atoms with Gasteiger partial charge in [0.2, 0.25) is 0 Å². The maximum Gasteiger partial charge on any atom is 0.255 e. The molecule has 0 saturated heterocycles. The number of ether oxygens (including phenoxy) is 1. The van der Waals surface area contributed by atoms with Crippen molar-refractivity contribution in [3.05, 3.63) is 47.3 Å². The van der Waals surface area contributed by atoms with Crippen molar-refractivity contribution in [2.75, 3.05) is 6.61 Å². The van der Waals surface area contributed by atoms with E-state index in [4.69, 9.17) is 4.74 Å². The van der Waals surface area contributed by atoms with Gasteiger partial charge in [-0.2, -0.15) is 5.10 Å². The second-order valence-corrected chi connectivity index (χ2v) is 6.31. The van der Waals surface area contributed by atoms with Crippen LogP contribution in [0.3, 0.4) is 0 Å². The van der Waals surface area contributed by atoms with E-state index in [9.17, 15) is 4.79 Å². The van der Waals surface area contributed by atoms with Gasteiger partial charge in [0.15, 0.2) is 0 Å². The Labute approximate surface area is 136 Å². The van der Waals surface area contributed by atoms with E-state index in [0.717, 1.165) is 30.0 Å². The van der Waals surface area contributed by atoms with Gasteiger partial charge in [0.1, 0.15) is 12.4 Å². The maximum absolute atomic E-state index is 12.7. The molecule has 0 aliphatic carbocycles. The first-order chi connectivity index (χ1) is 11.1. The Balaban J connectivity index is 1.78. The van der Waals surface area contributed by atoms with Gasteiger partial charge < -0.3 is 10.1 Å². The van der Waals surface area contributed by atoms with Crippen molar-refractivity contribution in [3.63, 3.8) is 0 Å². The zero-order valence-corrected chi connectivity index (χ0v) is 13.9. The summed E-state index contributed by atoms with van der Waals surface area (Å²) < 4.78 is 7.57. The van der Waals surface area contributed by atoms with Crippen molar-refractivity contribution < 1.29 is 9.53 Å². The number of nitrogens with one attached hydrogen (secondary N) is 1. The van der Waals surface area contributed by atoms with Crippen molar-refractivity contribution >= 4 is 5.91 Å². The van der Waals surface area contributed by atoms with Crippen LogP contribution >= 0.6 is 0 Å². The van der Waals surface area contributed by atoms with Crippen molar-refractivity contribution in [3.8, 4) is 5.75 Å². The molecule has 5 nitrogen and oxygen atoms in total. The Bertz CT molecular complexity index is 706. The average molecular weight is 313 g/mol. The SMILES string of the molecule is CCc1c(C(=O)N[C@@H]2COc3ccccc32)cnn1CC(C)C. The molecular weight excluding hydrogens is 290 g/mol. The van der Waals surface area contributed by atoms with E-state index in [1.165, 1.54) is 0 Å². The highest BCUT2D eigenvalue weighted by molar-refractivity contribution is 5.95. The van der Waals surface area contributed by atoms with Crippen LogP contribution in [-0.4, -0.2) is 22.3 Å². The number of amides is 1. The lowest BCUT2D eigenvalue weighted by molar-refractivity contribution is 0.0929. The van der Waals surface area contributed by atoms with Crippen molar-refractivity contribution in [1.82, 2.24) is 15.1 Å². The van der Waals surface area contributed by atoms with Gasteiger partial charge >= 0.3 is 0 Å². The summed E-state index contributed by atoms with van der Waals surface area (Å²) >= 11 is 0. The van der Waals surface area contributed by atoms with Crippen LogP contribution in [0.5, 0.6) is 5.75 Å². The number of aromatic nitrogens is 2. The lowest BCUT2D eigenvalue weighted by Gasteiger charge is -2.13. The monoisotopic (exact) mass is 313 g/mol. The van der Waals surface area contributed by atoms with Gasteiger partial charge in [-0.1, -0.05) is 39.0 Å². The second-order valence-electron chi connectivity index (χ2n) is 6.31. The number of fused-ring (bicyclic) bond motifs is 1. The Morgan fingerprint density at radius 1 is 1.43 bits per heavy atom. The molecule has 0 unspecified atom stereocenters. The number of nitrogens with zero attached hydrogens (tertiary/aromatic N) is 2. The molecule has 0 radical (unpaired) electrons. The molecule has 1 aromatic heterocycles. The summed E-state index contributed by atoms with van der Waals surface area (Å²) in [4.78, 5) is 12.7. The van der Waals surface area contributed by atoms with Crippen LogP contribution in [0.2, 0.25) is 0 Å². The topological polar surface area (TPSA) is 56.1 Å². The fourth-order valence-electron chi connectivity index (χ4n) is 2.99. The molecule has 1 aliphatic heterocycles. The summed E-state index contributed by atoms with van der Waals surface area (Å²) in [5.74, 6) is 1.26. The fraction of sp³-hybridized carbons (Fsp3) is 0.444. The summed E-state index contributed by atoms with van der Waals surface area (Å²) in [5, 5.41) is 7.47. The quantitative estimate of drug-likeness (QED) is 0.923. The fourth-order valence-corrected chi connectivity index (χ4v) is 2.99. The van der Waals surface area contributed by atoms with E-state index >= 15 is 0 Å². The smallest absolute Gasteiger partial charge is 0.255 e. The Hall–Kier alpha value is -2.30. The van der Waals surface area contributed by atoms with Crippen molar-refractivity contribution in [2.45, 2.75) is 39.8 Å². The van der Waals surface area contributed by atoms with Gasteiger partial charge in [-0.25, -0.2) is 0 Å². The van der Waals surface area contributed by atoms with Crippen molar-refractivity contribution in [2.24, 2.45) is 5.92 Å². The summed E-state index contributed by atoms with van der Waals surface area (Å²) in [7, 11) is 0. The number of para-hydroxylation sites is 1. The second kappa shape index (κ2) is 6.44. The molecule has 0 fully saturated rings. The predicted octanol–water partition coefficient (Wildman–Crippen LogP) is 2.97. The van der Waals surface area contributed by atoms with E-state index in [-0.39, 0.29) is 11.9 Å². The first-order valence-corrected chi connectivity index (χ1v) is 8.17. The standard InChI is InChI=1S/C18H23N3O2/c1-4-16-14(9-19-21(16)10-12(2)3)18(22)20-15-11-23-17-8-6-5-7-13(15)17/h5-9,12,15H,4,10-11H2,1-3H3,(H,20,22)/t15-/m1/s1. The van der Waals surface area contributed by atoms with Crippen LogP contribution in [0.1, 0.15) is 48.4 Å². The third-order valence-corrected chi connectivity index (χ3v) is 4.07. The van der Waals surface area contributed by atoms with Crippen LogP contribution in [0, 0.1) is 5.92 Å². The Kier molecular flexibility index (Phi) is 4.37. The lowest BCUT2D eigenvalue weighted by atomic mass is 10.1. The molecule has 23 heavy (non-hydrogen) atoms. The van der Waals surface area contributed by atoms with Crippen LogP contribution in [-0.2, 0) is 13.0 Å². The average Bonchev–Trinajstić information content (AvgIpc) is 3.11. The number of carbonyl (C=O) groups excluding carboxylic acids is 1. The molecule has 2 aromatic rings. The third kappa shape index (κ3) is 3.09. The zero-order valence-electron chi connectivity index (χ0n) is 13.9. The Morgan fingerprint density at radius 3 is 2.96 bits per heavy atom. The number of hydrogen-bond donors (Lipinski definition) is 1. The molecule has 3 rings (SSSR count). The summed E-state index contributed by atoms with van der Waals surface area (Å²) in [5.41, 5.74) is 2.69. The molecule has 122 valence electrons. The highest BCUT2D eigenvalue weighted by Gasteiger charge is 2.27. The third-order valence-electron chi connectivity index (χ3n) is 4.07. The van der Waals surface area contributed by atoms with Crippen LogP contribution in [0.4, 0.5) is 0 Å². The molecule has 1 aliphatic rings. The minimum atomic E-state index is -0.100. The number of benzene rings is 1. The van der Waals surface area contributed by atoms with Crippen LogP contribution in [0.25, 0.3) is 0 Å². The molecule has 1 aromatic carbocycles. The first-order valence-electron chi connectivity index (χ1n) is 8.17. The highest BCUT2D eigenvalue weighted by Crippen LogP contribution is 2.31. The normalized spacial score (nSPS) is 16.3. The van der Waals surface area contributed by atoms with E-state index in [0.29, 0.717) is 18.1 Å². The maximum atomic E-state index is 12.7. The van der Waals surface area contributed by atoms with Gasteiger partial charge in [-0.05, 0) is 18.4 Å². The number of carbonyl (C=O) groups is 1. The van der Waals surface area contributed by atoms with Gasteiger partial charge in [0, 0.05) is 12.1 Å². The van der Waals surface area contributed by atoms with E-state index in [1.54, 1.807) is 6.20 Å². The minimum Gasteiger partial charge on any atom is -0.491 e. The minimum absolute atomic E-state index is 0.0813. The highest BCUT2D eigenvalue weighted by atomic mass is 16.5. The number of rotatable bonds is 5. The summed E-state index contributed by atoms with van der Waals surface area (Å²) in [6.45, 7) is 7.65. The molecule has 5 heteroatoms. The van der Waals surface area contributed by atoms with Gasteiger partial charge in [0.25, 0.3) is 5.91 Å². The molecule has 1 N–H and O–H groups in total. The molecular formula is C18H23N3O2. The van der Waals surface area contributed by atoms with Crippen LogP contribution in [0.15, 0.2) is 30.5 Å². The van der Waals surface area contributed by atoms with E-state index < -0.39 is 0 Å². The van der Waals surface area contributed by atoms with Crippen molar-refractivity contribution in [1.29, 1.82) is 0 Å². The van der Waals surface area contributed by atoms with Crippen LogP contribution < -0.4 is 10.1 Å². The first kappa shape index (κ1) is 15.6. The number of hydrogen-bond acceptors (Lipinski definition) is 3. The molecule has 0 bridgehead atoms. The van der Waals surface area contributed by atoms with E-state index in [2.05, 4.69) is 31.2 Å². The molecule has 0 spiro atoms. The molecule has 1 atom stereocenters. The molecule has 0 saturated carbocycles. The van der Waals surface area contributed by atoms with Gasteiger partial charge in [-0.3, -0.25) is 9.48 Å². The predicted molar refractivity (Wildman–Crippen MR) is 88.6 cm³/mol. The molecule has 1 amide bonds. The Morgan fingerprint density at radius 2 is 2.22 bits per heavy atom.